The van der Waals surface area contributed by atoms with Crippen LogP contribution < -0.4 is 16.0 Å². The number of carboxylic acid groups (broad SMARTS) is 2. The molecule has 256 valence electrons. The number of nitrogens with zero attached hydrogens (tertiary/aromatic N) is 1. The first kappa shape index (κ1) is 37.3. The molecular weight excluding hydrogens is 646 g/mol. The molecule has 5 N–H and O–H groups in total. The van der Waals surface area contributed by atoms with E-state index in [4.69, 9.17) is 36.4 Å². The average molecular weight is 683 g/mol. The van der Waals surface area contributed by atoms with Gasteiger partial charge in [0.05, 0.1) is 21.9 Å². The molecular formula is C30H37ClF6N4O5. The molecule has 4 aliphatic rings. The quantitative estimate of drug-likeness (QED) is 0.151. The number of aromatic nitrogens is 1. The van der Waals surface area contributed by atoms with Gasteiger partial charge in [-0.2, -0.15) is 26.3 Å². The number of pyridine rings is 1. The smallest absolute Gasteiger partial charge is 0.475 e. The van der Waals surface area contributed by atoms with Crippen LogP contribution in [0.5, 0.6) is 0 Å². The molecule has 0 aliphatic heterocycles. The highest BCUT2D eigenvalue weighted by molar-refractivity contribution is 6.35. The normalized spacial score (nSPS) is 23.2. The van der Waals surface area contributed by atoms with Crippen LogP contribution in [0, 0.1) is 23.2 Å². The fraction of sp³-hybridized carbons (Fsp3) is 0.600. The number of alkyl halides is 6. The Labute approximate surface area is 266 Å². The fourth-order valence-electron chi connectivity index (χ4n) is 7.08. The van der Waals surface area contributed by atoms with Gasteiger partial charge >= 0.3 is 24.3 Å². The predicted octanol–water partition coefficient (Wildman–Crippen LogP) is 6.40. The van der Waals surface area contributed by atoms with E-state index >= 15 is 0 Å². The lowest BCUT2D eigenvalue weighted by atomic mass is 9.49. The summed E-state index contributed by atoms with van der Waals surface area (Å²) in [6.45, 7) is 2.69. The van der Waals surface area contributed by atoms with Gasteiger partial charge in [0, 0.05) is 18.4 Å². The molecule has 4 fully saturated rings. The third kappa shape index (κ3) is 10.7. The van der Waals surface area contributed by atoms with E-state index < -0.39 is 24.3 Å². The molecule has 0 spiro atoms. The van der Waals surface area contributed by atoms with Crippen LogP contribution in [0.25, 0.3) is 10.9 Å². The zero-order valence-corrected chi connectivity index (χ0v) is 25.8. The number of carbonyl (C=O) groups is 3. The van der Waals surface area contributed by atoms with Gasteiger partial charge < -0.3 is 26.2 Å². The zero-order chi connectivity index (χ0) is 34.3. The second-order valence-electron chi connectivity index (χ2n) is 12.2. The van der Waals surface area contributed by atoms with Crippen molar-refractivity contribution < 1.29 is 50.9 Å². The number of nitrogens with one attached hydrogen (secondary N) is 3. The summed E-state index contributed by atoms with van der Waals surface area (Å²) >= 11 is 6.53. The minimum atomic E-state index is -5.08. The van der Waals surface area contributed by atoms with Gasteiger partial charge in [-0.25, -0.2) is 9.59 Å². The van der Waals surface area contributed by atoms with Gasteiger partial charge in [-0.1, -0.05) is 11.6 Å². The molecule has 6 rings (SSSR count). The number of benzene rings is 1. The van der Waals surface area contributed by atoms with Gasteiger partial charge in [-0.15, -0.1) is 0 Å². The van der Waals surface area contributed by atoms with Gasteiger partial charge in [0.25, 0.3) is 0 Å². The number of amides is 1. The standard InChI is InChI=1S/C26H35ClN4O.2C2HF3O2/c1-28-7-2-8-29-16-20-3-4-21-23(30-20)6-5-22(27)25(21)31-24(32)15-26-12-17-9-18(13-26)11-19(10-17)14-26;2*3-2(4,5)1(6)7/h3-6,17-19,28-29H,2,7-16H2,1H3,(H,31,32);2*(H,6,7). The average Bonchev–Trinajstić information content (AvgIpc) is 2.93. The lowest BCUT2D eigenvalue weighted by molar-refractivity contribution is -0.193. The van der Waals surface area contributed by atoms with E-state index in [2.05, 4.69) is 16.0 Å². The van der Waals surface area contributed by atoms with Crippen molar-refractivity contribution in [2.45, 2.75) is 70.3 Å². The Kier molecular flexibility index (Phi) is 12.7. The van der Waals surface area contributed by atoms with E-state index in [1.807, 2.05) is 31.3 Å². The maximum absolute atomic E-state index is 13.2. The number of rotatable bonds is 9. The number of hydrogen-bond acceptors (Lipinski definition) is 6. The Hall–Kier alpha value is -3.17. The number of carboxylic acids is 2. The van der Waals surface area contributed by atoms with Crippen molar-refractivity contribution >= 4 is 46.0 Å². The molecule has 0 radical (unpaired) electrons. The molecule has 4 bridgehead atoms. The minimum Gasteiger partial charge on any atom is -0.475 e. The third-order valence-corrected chi connectivity index (χ3v) is 8.73. The Bertz CT molecular complexity index is 1330. The first-order chi connectivity index (χ1) is 21.4. The molecule has 1 heterocycles. The van der Waals surface area contributed by atoms with Gasteiger partial charge in [-0.05, 0) is 113 Å². The summed E-state index contributed by atoms with van der Waals surface area (Å²) in [6, 6.07) is 7.86. The predicted molar refractivity (Wildman–Crippen MR) is 158 cm³/mol. The lowest BCUT2D eigenvalue weighted by Crippen LogP contribution is -2.47. The summed E-state index contributed by atoms with van der Waals surface area (Å²) in [6.07, 6.45) is -0.548. The SMILES string of the molecule is CNCCCNCc1ccc2c(NC(=O)CC34CC5CC(CC(C5)C3)C4)c(Cl)ccc2n1.O=C(O)C(F)(F)F.O=C(O)C(F)(F)F. The molecule has 0 atom stereocenters. The van der Waals surface area contributed by atoms with Crippen molar-refractivity contribution in [1.29, 1.82) is 0 Å². The Morgan fingerprint density at radius 1 is 0.891 bits per heavy atom. The highest BCUT2D eigenvalue weighted by Crippen LogP contribution is 2.61. The Morgan fingerprint density at radius 2 is 1.41 bits per heavy atom. The summed E-state index contributed by atoms with van der Waals surface area (Å²) < 4.78 is 63.5. The van der Waals surface area contributed by atoms with Crippen molar-refractivity contribution in [3.8, 4) is 0 Å². The monoisotopic (exact) mass is 682 g/mol. The van der Waals surface area contributed by atoms with Gasteiger partial charge in [0.15, 0.2) is 0 Å². The van der Waals surface area contributed by atoms with E-state index in [1.165, 1.54) is 38.5 Å². The second kappa shape index (κ2) is 15.6. The van der Waals surface area contributed by atoms with Gasteiger partial charge in [-0.3, -0.25) is 9.78 Å². The molecule has 0 unspecified atom stereocenters. The van der Waals surface area contributed by atoms with E-state index in [-0.39, 0.29) is 11.3 Å². The second-order valence-corrected chi connectivity index (χ2v) is 12.6. The number of hydrogen-bond donors (Lipinski definition) is 5. The fourth-order valence-corrected chi connectivity index (χ4v) is 7.29. The van der Waals surface area contributed by atoms with Crippen LogP contribution in [0.2, 0.25) is 5.02 Å². The molecule has 0 saturated heterocycles. The Morgan fingerprint density at radius 3 is 1.89 bits per heavy atom. The first-order valence-electron chi connectivity index (χ1n) is 14.8. The lowest BCUT2D eigenvalue weighted by Gasteiger charge is -2.56. The third-order valence-electron chi connectivity index (χ3n) is 8.41. The first-order valence-corrected chi connectivity index (χ1v) is 15.1. The van der Waals surface area contributed by atoms with Crippen molar-refractivity contribution in [1.82, 2.24) is 15.6 Å². The number of carbonyl (C=O) groups excluding carboxylic acids is 1. The van der Waals surface area contributed by atoms with E-state index in [0.29, 0.717) is 17.1 Å². The molecule has 1 aromatic heterocycles. The van der Waals surface area contributed by atoms with Crippen molar-refractivity contribution in [2.75, 3.05) is 25.5 Å². The van der Waals surface area contributed by atoms with Crippen LogP contribution in [0.15, 0.2) is 24.3 Å². The van der Waals surface area contributed by atoms with E-state index in [0.717, 1.165) is 60.4 Å². The van der Waals surface area contributed by atoms with Crippen LogP contribution in [0.3, 0.4) is 0 Å². The topological polar surface area (TPSA) is 141 Å². The summed E-state index contributed by atoms with van der Waals surface area (Å²) in [4.78, 5) is 35.8. The molecule has 4 aliphatic carbocycles. The molecule has 16 heteroatoms. The number of aliphatic carboxylic acids is 2. The van der Waals surface area contributed by atoms with Crippen LogP contribution in [-0.2, 0) is 20.9 Å². The van der Waals surface area contributed by atoms with Crippen LogP contribution in [0.4, 0.5) is 32.0 Å². The largest absolute Gasteiger partial charge is 0.490 e. The number of anilines is 1. The summed E-state index contributed by atoms with van der Waals surface area (Å²) in [7, 11) is 1.97. The molecule has 9 nitrogen and oxygen atoms in total. The van der Waals surface area contributed by atoms with Crippen molar-refractivity contribution in [3.63, 3.8) is 0 Å². The van der Waals surface area contributed by atoms with E-state index in [9.17, 15) is 31.1 Å². The maximum atomic E-state index is 13.2. The van der Waals surface area contributed by atoms with Gasteiger partial charge in [0.1, 0.15) is 0 Å². The Balaban J connectivity index is 0.000000345. The molecule has 4 saturated carbocycles. The van der Waals surface area contributed by atoms with Crippen LogP contribution >= 0.6 is 11.6 Å². The molecule has 1 amide bonds. The number of halogens is 7. The van der Waals surface area contributed by atoms with Crippen LogP contribution in [0.1, 0.15) is 57.1 Å². The van der Waals surface area contributed by atoms with Gasteiger partial charge in [0.2, 0.25) is 5.91 Å². The summed E-state index contributed by atoms with van der Waals surface area (Å²) in [5, 5.41) is 25.5. The maximum Gasteiger partial charge on any atom is 0.490 e. The minimum absolute atomic E-state index is 0.108. The van der Waals surface area contributed by atoms with E-state index in [1.54, 1.807) is 0 Å². The number of fused-ring (bicyclic) bond motifs is 1. The highest BCUT2D eigenvalue weighted by atomic mass is 35.5. The molecule has 46 heavy (non-hydrogen) atoms. The summed E-state index contributed by atoms with van der Waals surface area (Å²) in [5.41, 5.74) is 2.80. The molecule has 1 aromatic carbocycles. The van der Waals surface area contributed by atoms with Crippen molar-refractivity contribution in [2.24, 2.45) is 23.2 Å². The highest BCUT2D eigenvalue weighted by Gasteiger charge is 2.51. The molecule has 2 aromatic rings. The van der Waals surface area contributed by atoms with Crippen LogP contribution in [-0.4, -0.2) is 65.5 Å². The van der Waals surface area contributed by atoms with Crippen molar-refractivity contribution in [3.05, 3.63) is 35.0 Å². The zero-order valence-electron chi connectivity index (χ0n) is 25.0. The summed E-state index contributed by atoms with van der Waals surface area (Å²) in [5.74, 6) is -2.85.